The lowest BCUT2D eigenvalue weighted by Crippen LogP contribution is -2.45. The van der Waals surface area contributed by atoms with Crippen LogP contribution in [0.15, 0.2) is 18.2 Å². The van der Waals surface area contributed by atoms with Crippen LogP contribution in [0.1, 0.15) is 51.5 Å². The van der Waals surface area contributed by atoms with E-state index in [0.717, 1.165) is 24.1 Å². The Balaban J connectivity index is 1.75. The van der Waals surface area contributed by atoms with Gasteiger partial charge in [0.1, 0.15) is 6.54 Å². The minimum Gasteiger partial charge on any atom is -0.352 e. The van der Waals surface area contributed by atoms with Gasteiger partial charge >= 0.3 is 0 Å². The van der Waals surface area contributed by atoms with Crippen LogP contribution >= 0.6 is 11.6 Å². The molecule has 0 aromatic heterocycles. The predicted molar refractivity (Wildman–Crippen MR) is 91.8 cm³/mol. The van der Waals surface area contributed by atoms with E-state index in [0.29, 0.717) is 5.02 Å². The fraction of sp³-hybridized carbons (Fsp3) is 0.556. The molecule has 2 amide bonds. The number of benzene rings is 1. The first-order valence-corrected chi connectivity index (χ1v) is 8.69. The predicted octanol–water partition coefficient (Wildman–Crippen LogP) is 3.41. The number of anilines is 1. The van der Waals surface area contributed by atoms with E-state index in [9.17, 15) is 9.59 Å². The number of carbonyl (C=O) groups is 2. The van der Waals surface area contributed by atoms with E-state index in [4.69, 9.17) is 11.6 Å². The van der Waals surface area contributed by atoms with Crippen molar-refractivity contribution in [1.82, 2.24) is 5.32 Å². The first-order valence-electron chi connectivity index (χ1n) is 8.31. The average molecular weight is 335 g/mol. The molecule has 1 aliphatic carbocycles. The summed E-state index contributed by atoms with van der Waals surface area (Å²) >= 11 is 6.07. The van der Waals surface area contributed by atoms with Crippen molar-refractivity contribution in [3.05, 3.63) is 28.8 Å². The Morgan fingerprint density at radius 2 is 2.00 bits per heavy atom. The fourth-order valence-corrected chi connectivity index (χ4v) is 3.80. The minimum atomic E-state index is -0.647. The van der Waals surface area contributed by atoms with Gasteiger partial charge in [-0.1, -0.05) is 30.9 Å². The number of halogens is 1. The number of nitrogens with zero attached hydrogens (tertiary/aromatic N) is 1. The Labute approximate surface area is 142 Å². The quantitative estimate of drug-likeness (QED) is 0.920. The lowest BCUT2D eigenvalue weighted by molar-refractivity contribution is -0.126. The smallest absolute Gasteiger partial charge is 0.240 e. The third-order valence-electron chi connectivity index (χ3n) is 4.97. The molecule has 0 radical (unpaired) electrons. The highest BCUT2D eigenvalue weighted by Gasteiger charge is 2.44. The zero-order chi connectivity index (χ0) is 16.6. The molecule has 1 aromatic rings. The van der Waals surface area contributed by atoms with Crippen LogP contribution in [0.25, 0.3) is 0 Å². The first kappa shape index (κ1) is 16.3. The van der Waals surface area contributed by atoms with Crippen molar-refractivity contribution in [2.75, 3.05) is 11.4 Å². The van der Waals surface area contributed by atoms with Crippen LogP contribution < -0.4 is 10.2 Å². The van der Waals surface area contributed by atoms with Crippen molar-refractivity contribution in [1.29, 1.82) is 0 Å². The monoisotopic (exact) mass is 334 g/mol. The highest BCUT2D eigenvalue weighted by atomic mass is 35.5. The van der Waals surface area contributed by atoms with Crippen molar-refractivity contribution in [2.45, 2.75) is 57.4 Å². The maximum Gasteiger partial charge on any atom is 0.240 e. The molecule has 0 bridgehead atoms. The van der Waals surface area contributed by atoms with Crippen LogP contribution in [0.4, 0.5) is 5.69 Å². The number of carbonyl (C=O) groups excluding carboxylic acids is 2. The van der Waals surface area contributed by atoms with Gasteiger partial charge in [-0.2, -0.15) is 0 Å². The van der Waals surface area contributed by atoms with Crippen LogP contribution in [-0.2, 0) is 15.0 Å². The SMILES string of the molecule is CC1(C)C(=O)N(CC(=O)NC2CCCCC2)c2ccc(Cl)cc21. The molecule has 1 saturated carbocycles. The summed E-state index contributed by atoms with van der Waals surface area (Å²) in [7, 11) is 0. The molecule has 3 rings (SSSR count). The normalized spacial score (nSPS) is 20.5. The van der Waals surface area contributed by atoms with Crippen molar-refractivity contribution in [3.8, 4) is 0 Å². The fourth-order valence-electron chi connectivity index (χ4n) is 3.63. The zero-order valence-corrected chi connectivity index (χ0v) is 14.4. The number of hydrogen-bond donors (Lipinski definition) is 1. The van der Waals surface area contributed by atoms with Gasteiger partial charge in [0.05, 0.1) is 5.41 Å². The maximum atomic E-state index is 12.7. The molecule has 0 spiro atoms. The van der Waals surface area contributed by atoms with Gasteiger partial charge in [0.15, 0.2) is 0 Å². The lowest BCUT2D eigenvalue weighted by Gasteiger charge is -2.25. The molecule has 2 aliphatic rings. The van der Waals surface area contributed by atoms with Gasteiger partial charge < -0.3 is 10.2 Å². The van der Waals surface area contributed by atoms with Crippen molar-refractivity contribution < 1.29 is 9.59 Å². The van der Waals surface area contributed by atoms with E-state index in [2.05, 4.69) is 5.32 Å². The summed E-state index contributed by atoms with van der Waals surface area (Å²) in [5.41, 5.74) is 1.04. The second-order valence-electron chi connectivity index (χ2n) is 7.08. The Hall–Kier alpha value is -1.55. The molecular formula is C18H23ClN2O2. The molecule has 1 heterocycles. The molecule has 0 unspecified atom stereocenters. The average Bonchev–Trinajstić information content (AvgIpc) is 2.69. The summed E-state index contributed by atoms with van der Waals surface area (Å²) in [6.07, 6.45) is 5.66. The molecule has 0 atom stereocenters. The van der Waals surface area contributed by atoms with Crippen LogP contribution in [0, 0.1) is 0 Å². The molecule has 1 N–H and O–H groups in total. The summed E-state index contributed by atoms with van der Waals surface area (Å²) in [5.74, 6) is -0.127. The standard InChI is InChI=1S/C18H23ClN2O2/c1-18(2)14-10-12(19)8-9-15(14)21(17(18)23)11-16(22)20-13-6-4-3-5-7-13/h8-10,13H,3-7,11H2,1-2H3,(H,20,22). The molecular weight excluding hydrogens is 312 g/mol. The topological polar surface area (TPSA) is 49.4 Å². The summed E-state index contributed by atoms with van der Waals surface area (Å²) in [6, 6.07) is 5.68. The van der Waals surface area contributed by atoms with E-state index < -0.39 is 5.41 Å². The zero-order valence-electron chi connectivity index (χ0n) is 13.7. The maximum absolute atomic E-state index is 12.7. The van der Waals surface area contributed by atoms with Crippen molar-refractivity contribution in [2.24, 2.45) is 0 Å². The molecule has 4 nitrogen and oxygen atoms in total. The van der Waals surface area contributed by atoms with Gasteiger partial charge in [-0.3, -0.25) is 9.59 Å². The lowest BCUT2D eigenvalue weighted by atomic mass is 9.86. The Kier molecular flexibility index (Phi) is 4.37. The van der Waals surface area contributed by atoms with Crippen molar-refractivity contribution >= 4 is 29.1 Å². The van der Waals surface area contributed by atoms with E-state index in [1.54, 1.807) is 11.0 Å². The minimum absolute atomic E-state index is 0.0476. The van der Waals surface area contributed by atoms with Crippen LogP contribution in [-0.4, -0.2) is 24.4 Å². The summed E-state index contributed by atoms with van der Waals surface area (Å²) < 4.78 is 0. The van der Waals surface area contributed by atoms with Gasteiger partial charge in [0.2, 0.25) is 11.8 Å². The van der Waals surface area contributed by atoms with Crippen LogP contribution in [0.5, 0.6) is 0 Å². The van der Waals surface area contributed by atoms with Gasteiger partial charge in [-0.05, 0) is 50.5 Å². The summed E-state index contributed by atoms with van der Waals surface area (Å²) in [5, 5.41) is 3.69. The third kappa shape index (κ3) is 3.09. The first-order chi connectivity index (χ1) is 10.9. The third-order valence-corrected chi connectivity index (χ3v) is 5.21. The molecule has 0 saturated heterocycles. The highest BCUT2D eigenvalue weighted by Crippen LogP contribution is 2.42. The number of rotatable bonds is 3. The van der Waals surface area contributed by atoms with E-state index >= 15 is 0 Å². The largest absolute Gasteiger partial charge is 0.352 e. The van der Waals surface area contributed by atoms with Crippen LogP contribution in [0.2, 0.25) is 5.02 Å². The molecule has 1 fully saturated rings. The molecule has 1 aromatic carbocycles. The van der Waals surface area contributed by atoms with Crippen LogP contribution in [0.3, 0.4) is 0 Å². The molecule has 1 aliphatic heterocycles. The molecule has 5 heteroatoms. The molecule has 124 valence electrons. The highest BCUT2D eigenvalue weighted by molar-refractivity contribution is 6.31. The second kappa shape index (κ2) is 6.16. The van der Waals surface area contributed by atoms with Gasteiger partial charge in [-0.25, -0.2) is 0 Å². The number of fused-ring (bicyclic) bond motifs is 1. The number of hydrogen-bond acceptors (Lipinski definition) is 2. The van der Waals surface area contributed by atoms with E-state index in [1.165, 1.54) is 19.3 Å². The van der Waals surface area contributed by atoms with Gasteiger partial charge in [-0.15, -0.1) is 0 Å². The Bertz CT molecular complexity index is 636. The second-order valence-corrected chi connectivity index (χ2v) is 7.52. The van der Waals surface area contributed by atoms with E-state index in [1.807, 2.05) is 26.0 Å². The number of amides is 2. The number of nitrogens with one attached hydrogen (secondary N) is 1. The van der Waals surface area contributed by atoms with Crippen molar-refractivity contribution in [3.63, 3.8) is 0 Å². The Morgan fingerprint density at radius 3 is 2.70 bits per heavy atom. The van der Waals surface area contributed by atoms with Gasteiger partial charge in [0, 0.05) is 16.8 Å². The Morgan fingerprint density at radius 1 is 1.30 bits per heavy atom. The summed E-state index contributed by atoms with van der Waals surface area (Å²) in [6.45, 7) is 3.83. The van der Waals surface area contributed by atoms with E-state index in [-0.39, 0.29) is 24.4 Å². The molecule has 23 heavy (non-hydrogen) atoms. The van der Waals surface area contributed by atoms with Gasteiger partial charge in [0.25, 0.3) is 0 Å². The summed E-state index contributed by atoms with van der Waals surface area (Å²) in [4.78, 5) is 26.7.